The average Bonchev–Trinajstić information content (AvgIpc) is 3.42. The van der Waals surface area contributed by atoms with Gasteiger partial charge in [0.2, 0.25) is 6.79 Å². The van der Waals surface area contributed by atoms with Gasteiger partial charge in [0.15, 0.2) is 11.5 Å². The van der Waals surface area contributed by atoms with Crippen molar-refractivity contribution in [3.8, 4) is 11.5 Å². The molecule has 1 aromatic carbocycles. The number of carboxylic acids is 2. The molecule has 0 fully saturated rings. The molecule has 9 nitrogen and oxygen atoms in total. The molecule has 4 atom stereocenters. The molecule has 0 aromatic heterocycles. The molecule has 1 aliphatic rings. The van der Waals surface area contributed by atoms with Gasteiger partial charge >= 0.3 is 11.9 Å². The molecule has 238 valence electrons. The number of rotatable bonds is 19. The molecular formula is C29H52N2O7S3. The summed E-state index contributed by atoms with van der Waals surface area (Å²) in [6.45, 7) is 6.65. The molecule has 6 N–H and O–H groups in total. The first-order chi connectivity index (χ1) is 19.6. The van der Waals surface area contributed by atoms with E-state index in [1.165, 1.54) is 37.7 Å². The van der Waals surface area contributed by atoms with Crippen LogP contribution in [-0.4, -0.2) is 79.8 Å². The third-order valence-corrected chi connectivity index (χ3v) is 9.48. The monoisotopic (exact) mass is 636 g/mol. The first kappa shape index (κ1) is 39.5. The summed E-state index contributed by atoms with van der Waals surface area (Å²) < 4.78 is 23.0. The van der Waals surface area contributed by atoms with E-state index in [1.807, 2.05) is 31.4 Å². The second-order valence-electron chi connectivity index (χ2n) is 9.71. The van der Waals surface area contributed by atoms with E-state index >= 15 is 0 Å². The summed E-state index contributed by atoms with van der Waals surface area (Å²) in [4.78, 5) is 20.2. The van der Waals surface area contributed by atoms with Gasteiger partial charge in [-0.3, -0.25) is 13.8 Å². The molecule has 0 saturated carbocycles. The highest BCUT2D eigenvalue weighted by Gasteiger charge is 2.16. The van der Waals surface area contributed by atoms with Gasteiger partial charge in [0, 0.05) is 21.8 Å². The number of unbranched alkanes of at least 4 members (excludes halogenated alkanes) is 5. The van der Waals surface area contributed by atoms with Crippen molar-refractivity contribution < 1.29 is 33.5 Å². The van der Waals surface area contributed by atoms with Gasteiger partial charge in [-0.2, -0.15) is 23.5 Å². The molecule has 2 rings (SSSR count). The number of ether oxygens (including phenoxy) is 2. The van der Waals surface area contributed by atoms with Crippen LogP contribution in [0.25, 0.3) is 0 Å². The van der Waals surface area contributed by atoms with Crippen LogP contribution >= 0.6 is 23.5 Å². The maximum absolute atomic E-state index is 12.3. The highest BCUT2D eigenvalue weighted by atomic mass is 32.2. The second-order valence-corrected chi connectivity index (χ2v) is 14.1. The summed E-state index contributed by atoms with van der Waals surface area (Å²) in [5.41, 5.74) is 11.6. The zero-order valence-corrected chi connectivity index (χ0v) is 27.6. The highest BCUT2D eigenvalue weighted by molar-refractivity contribution is 7.99. The van der Waals surface area contributed by atoms with Crippen LogP contribution in [0, 0.1) is 0 Å². The molecular weight excluding hydrogens is 585 g/mol. The molecule has 41 heavy (non-hydrogen) atoms. The minimum atomic E-state index is -0.913. The van der Waals surface area contributed by atoms with Crippen LogP contribution < -0.4 is 20.9 Å². The summed E-state index contributed by atoms with van der Waals surface area (Å²) >= 11 is 3.31. The Morgan fingerprint density at radius 2 is 1.54 bits per heavy atom. The number of hydrogen-bond donors (Lipinski definition) is 4. The Morgan fingerprint density at radius 1 is 0.951 bits per heavy atom. The molecule has 3 unspecified atom stereocenters. The third-order valence-electron chi connectivity index (χ3n) is 6.15. The lowest BCUT2D eigenvalue weighted by Gasteiger charge is -2.12. The van der Waals surface area contributed by atoms with E-state index in [4.69, 9.17) is 31.2 Å². The van der Waals surface area contributed by atoms with E-state index in [-0.39, 0.29) is 5.25 Å². The smallest absolute Gasteiger partial charge is 0.320 e. The summed E-state index contributed by atoms with van der Waals surface area (Å²) in [5.74, 6) is 3.30. The van der Waals surface area contributed by atoms with Crippen molar-refractivity contribution in [1.82, 2.24) is 0 Å². The minimum Gasteiger partial charge on any atom is -0.480 e. The Bertz CT molecular complexity index is 877. The van der Waals surface area contributed by atoms with Gasteiger partial charge in [-0.15, -0.1) is 0 Å². The Morgan fingerprint density at radius 3 is 2.12 bits per heavy atom. The zero-order chi connectivity index (χ0) is 31.0. The Balaban J connectivity index is 0.000000700. The predicted molar refractivity (Wildman–Crippen MR) is 174 cm³/mol. The number of nitrogens with two attached hydrogens (primary N) is 2. The first-order valence-electron chi connectivity index (χ1n) is 14.4. The topological polar surface area (TPSA) is 162 Å². The Kier molecular flexibility index (Phi) is 24.2. The van der Waals surface area contributed by atoms with Crippen molar-refractivity contribution in [3.63, 3.8) is 0 Å². The van der Waals surface area contributed by atoms with Crippen LogP contribution in [0.15, 0.2) is 18.2 Å². The van der Waals surface area contributed by atoms with Crippen LogP contribution in [0.1, 0.15) is 77.7 Å². The van der Waals surface area contributed by atoms with Crippen molar-refractivity contribution in [2.75, 3.05) is 36.1 Å². The summed E-state index contributed by atoms with van der Waals surface area (Å²) in [6, 6.07) is 4.64. The number of hydrogen-bond acceptors (Lipinski definition) is 9. The minimum absolute atomic E-state index is 0.191. The maximum atomic E-state index is 12.3. The SMILES string of the molecule is CCCCCCCCS(=O)C(C)Cc1ccc2c(c1)OCO2.CCSCC[C@H](N)C(=O)O.CSCCC(N)C(=O)O. The molecule has 1 aromatic rings. The molecule has 12 heteroatoms. The van der Waals surface area contributed by atoms with Gasteiger partial charge in [-0.25, -0.2) is 0 Å². The normalized spacial score (nSPS) is 14.5. The molecule has 0 radical (unpaired) electrons. The number of carboxylic acid groups (broad SMARTS) is 2. The quantitative estimate of drug-likeness (QED) is 0.149. The van der Waals surface area contributed by atoms with Gasteiger partial charge in [-0.05, 0) is 66.9 Å². The molecule has 1 aliphatic heterocycles. The van der Waals surface area contributed by atoms with E-state index in [0.29, 0.717) is 19.6 Å². The molecule has 0 aliphatic carbocycles. The molecule has 0 bridgehead atoms. The van der Waals surface area contributed by atoms with Crippen molar-refractivity contribution in [1.29, 1.82) is 0 Å². The molecule has 0 saturated heterocycles. The van der Waals surface area contributed by atoms with Crippen molar-refractivity contribution in [2.24, 2.45) is 11.5 Å². The number of carbonyl (C=O) groups is 2. The van der Waals surface area contributed by atoms with Crippen LogP contribution in [0.5, 0.6) is 11.5 Å². The third kappa shape index (κ3) is 20.1. The number of fused-ring (bicyclic) bond motifs is 1. The fraction of sp³-hybridized carbons (Fsp3) is 0.724. The molecule has 1 heterocycles. The molecule has 0 spiro atoms. The van der Waals surface area contributed by atoms with E-state index in [9.17, 15) is 13.8 Å². The van der Waals surface area contributed by atoms with Crippen LogP contribution in [-0.2, 0) is 26.8 Å². The summed E-state index contributed by atoms with van der Waals surface area (Å²) in [7, 11) is -0.743. The zero-order valence-electron chi connectivity index (χ0n) is 25.2. The summed E-state index contributed by atoms with van der Waals surface area (Å²) in [6.07, 6.45) is 11.4. The Hall–Kier alpha value is -1.47. The van der Waals surface area contributed by atoms with Gasteiger partial charge in [0.05, 0.1) is 0 Å². The van der Waals surface area contributed by atoms with Crippen molar-refractivity contribution >= 4 is 46.3 Å². The van der Waals surface area contributed by atoms with Gasteiger partial charge in [-0.1, -0.05) is 58.9 Å². The van der Waals surface area contributed by atoms with Crippen LogP contribution in [0.4, 0.5) is 0 Å². The first-order valence-corrected chi connectivity index (χ1v) is 18.3. The Labute approximate surface area is 257 Å². The number of benzene rings is 1. The average molecular weight is 637 g/mol. The van der Waals surface area contributed by atoms with Crippen LogP contribution in [0.3, 0.4) is 0 Å². The predicted octanol–water partition coefficient (Wildman–Crippen LogP) is 5.15. The van der Waals surface area contributed by atoms with Crippen molar-refractivity contribution in [3.05, 3.63) is 23.8 Å². The van der Waals surface area contributed by atoms with Gasteiger partial charge < -0.3 is 31.2 Å². The second kappa shape index (κ2) is 25.1. The maximum Gasteiger partial charge on any atom is 0.320 e. The highest BCUT2D eigenvalue weighted by Crippen LogP contribution is 2.33. The van der Waals surface area contributed by atoms with E-state index in [0.717, 1.165) is 47.4 Å². The van der Waals surface area contributed by atoms with Gasteiger partial charge in [0.1, 0.15) is 12.1 Å². The van der Waals surface area contributed by atoms with E-state index in [1.54, 1.807) is 23.5 Å². The lowest BCUT2D eigenvalue weighted by Crippen LogP contribution is -2.30. The van der Waals surface area contributed by atoms with E-state index in [2.05, 4.69) is 13.8 Å². The van der Waals surface area contributed by atoms with E-state index < -0.39 is 34.8 Å². The van der Waals surface area contributed by atoms with Gasteiger partial charge in [0.25, 0.3) is 0 Å². The lowest BCUT2D eigenvalue weighted by atomic mass is 10.1. The number of aliphatic carboxylic acids is 2. The fourth-order valence-corrected chi connectivity index (χ4v) is 6.03. The van der Waals surface area contributed by atoms with Crippen molar-refractivity contribution in [2.45, 2.75) is 95.9 Å². The number of thioether (sulfide) groups is 2. The van der Waals surface area contributed by atoms with Crippen LogP contribution in [0.2, 0.25) is 0 Å². The fourth-order valence-electron chi connectivity index (χ4n) is 3.57. The lowest BCUT2D eigenvalue weighted by molar-refractivity contribution is -0.139. The molecule has 0 amide bonds. The summed E-state index contributed by atoms with van der Waals surface area (Å²) in [5, 5.41) is 16.8. The standard InChI is InChI=1S/C18H28O3S.C6H13NO2S.C5H11NO2S/c1-3-4-5-6-7-8-11-22(19)15(2)12-16-9-10-17-18(13-16)21-14-20-17;1-2-10-4-3-5(7)6(8)9;1-9-3-2-4(6)5(7)8/h9-10,13,15H,3-8,11-12,14H2,1-2H3;5H,2-4,7H2,1H3,(H,8,9);4H,2-3,6H2,1H3,(H,7,8)/t;5-;/m.0./s1. The largest absolute Gasteiger partial charge is 0.480 e.